The summed E-state index contributed by atoms with van der Waals surface area (Å²) in [6.07, 6.45) is 0.836. The molecule has 3 heteroatoms. The number of ether oxygens (including phenoxy) is 1. The Hall–Kier alpha value is -1.84. The molecule has 0 saturated carbocycles. The van der Waals surface area contributed by atoms with E-state index in [2.05, 4.69) is 37.3 Å². The first-order valence-electron chi connectivity index (χ1n) is 6.91. The molecule has 3 nitrogen and oxygen atoms in total. The Morgan fingerprint density at radius 2 is 2.00 bits per heavy atom. The van der Waals surface area contributed by atoms with E-state index in [-0.39, 0.29) is 6.04 Å². The molecule has 0 radical (unpaired) electrons. The fraction of sp³-hybridized carbons (Fsp3) is 0.294. The molecule has 0 aliphatic carbocycles. The van der Waals surface area contributed by atoms with E-state index in [1.807, 2.05) is 12.1 Å². The SMILES string of the molecule is COc1ccc2c(c1)C1Cc3ccccc3C2(C)N1O. The third kappa shape index (κ3) is 1.27. The van der Waals surface area contributed by atoms with E-state index >= 15 is 0 Å². The molecule has 2 aromatic carbocycles. The lowest BCUT2D eigenvalue weighted by molar-refractivity contribution is -0.183. The van der Waals surface area contributed by atoms with Crippen LogP contribution in [0.1, 0.15) is 35.2 Å². The highest BCUT2D eigenvalue weighted by Crippen LogP contribution is 2.54. The Morgan fingerprint density at radius 3 is 2.80 bits per heavy atom. The first-order valence-corrected chi connectivity index (χ1v) is 6.91. The number of fused-ring (bicyclic) bond motifs is 7. The molecule has 2 aliphatic rings. The molecule has 1 N–H and O–H groups in total. The monoisotopic (exact) mass is 267 g/mol. The molecule has 102 valence electrons. The molecular formula is C17H17NO2. The van der Waals surface area contributed by atoms with Crippen molar-refractivity contribution in [2.24, 2.45) is 0 Å². The standard InChI is InChI=1S/C17H17NO2/c1-17-14-6-4-3-5-11(14)9-16(18(17)19)13-10-12(20-2)7-8-15(13)17/h3-8,10,16,19H,9H2,1-2H3. The molecule has 0 spiro atoms. The molecule has 0 aromatic heterocycles. The van der Waals surface area contributed by atoms with Crippen LogP contribution in [0.25, 0.3) is 0 Å². The van der Waals surface area contributed by atoms with Crippen molar-refractivity contribution in [2.75, 3.05) is 7.11 Å². The van der Waals surface area contributed by atoms with E-state index in [0.29, 0.717) is 0 Å². The maximum atomic E-state index is 10.7. The van der Waals surface area contributed by atoms with Gasteiger partial charge in [-0.2, -0.15) is 5.06 Å². The maximum absolute atomic E-state index is 10.7. The van der Waals surface area contributed by atoms with E-state index in [4.69, 9.17) is 4.74 Å². The predicted octanol–water partition coefficient (Wildman–Crippen LogP) is 3.26. The Morgan fingerprint density at radius 1 is 1.20 bits per heavy atom. The van der Waals surface area contributed by atoms with Gasteiger partial charge in [0.1, 0.15) is 5.75 Å². The number of benzene rings is 2. The Balaban J connectivity index is 2.01. The summed E-state index contributed by atoms with van der Waals surface area (Å²) >= 11 is 0. The van der Waals surface area contributed by atoms with Crippen LogP contribution in [0.2, 0.25) is 0 Å². The topological polar surface area (TPSA) is 32.7 Å². The Labute approximate surface area is 118 Å². The number of methoxy groups -OCH3 is 1. The lowest BCUT2D eigenvalue weighted by Gasteiger charge is -2.40. The highest BCUT2D eigenvalue weighted by molar-refractivity contribution is 5.55. The molecule has 4 rings (SSSR count). The molecule has 2 aromatic rings. The molecule has 2 aliphatic heterocycles. The third-order valence-corrected chi connectivity index (χ3v) is 4.85. The lowest BCUT2D eigenvalue weighted by atomic mass is 9.82. The van der Waals surface area contributed by atoms with Crippen LogP contribution >= 0.6 is 0 Å². The minimum atomic E-state index is -0.457. The van der Waals surface area contributed by atoms with E-state index in [9.17, 15) is 5.21 Å². The van der Waals surface area contributed by atoms with Crippen molar-refractivity contribution >= 4 is 0 Å². The molecule has 2 unspecified atom stereocenters. The summed E-state index contributed by atoms with van der Waals surface area (Å²) in [5.74, 6) is 0.845. The number of rotatable bonds is 1. The number of nitrogens with zero attached hydrogens (tertiary/aromatic N) is 1. The van der Waals surface area contributed by atoms with E-state index in [1.165, 1.54) is 27.3 Å². The average Bonchev–Trinajstić information content (AvgIpc) is 2.63. The summed E-state index contributed by atoms with van der Waals surface area (Å²) in [6.45, 7) is 2.09. The van der Waals surface area contributed by atoms with Crippen LogP contribution in [0.4, 0.5) is 0 Å². The van der Waals surface area contributed by atoms with Crippen molar-refractivity contribution in [2.45, 2.75) is 24.9 Å². The van der Waals surface area contributed by atoms with Gasteiger partial charge >= 0.3 is 0 Å². The van der Waals surface area contributed by atoms with E-state index in [1.54, 1.807) is 7.11 Å². The summed E-state index contributed by atoms with van der Waals surface area (Å²) < 4.78 is 5.33. The quantitative estimate of drug-likeness (QED) is 0.860. The molecular weight excluding hydrogens is 250 g/mol. The zero-order valence-electron chi connectivity index (χ0n) is 11.6. The van der Waals surface area contributed by atoms with Gasteiger partial charge in [-0.1, -0.05) is 30.3 Å². The van der Waals surface area contributed by atoms with Crippen LogP contribution in [0, 0.1) is 0 Å². The molecule has 0 amide bonds. The molecule has 0 saturated heterocycles. The number of hydrogen-bond donors (Lipinski definition) is 1. The van der Waals surface area contributed by atoms with Gasteiger partial charge in [-0.15, -0.1) is 0 Å². The fourth-order valence-corrected chi connectivity index (χ4v) is 3.80. The number of hydroxylamine groups is 2. The highest BCUT2D eigenvalue weighted by atomic mass is 16.5. The van der Waals surface area contributed by atoms with Gasteiger partial charge in [0.25, 0.3) is 0 Å². The van der Waals surface area contributed by atoms with Crippen molar-refractivity contribution in [3.8, 4) is 5.75 Å². The third-order valence-electron chi connectivity index (χ3n) is 4.85. The van der Waals surface area contributed by atoms with Crippen LogP contribution in [-0.2, 0) is 12.0 Å². The Kier molecular flexibility index (Phi) is 2.29. The van der Waals surface area contributed by atoms with Crippen molar-refractivity contribution in [1.82, 2.24) is 5.06 Å². The first-order chi connectivity index (χ1) is 9.66. The fourth-order valence-electron chi connectivity index (χ4n) is 3.80. The van der Waals surface area contributed by atoms with Crippen molar-refractivity contribution in [3.05, 3.63) is 64.7 Å². The maximum Gasteiger partial charge on any atom is 0.119 e. The van der Waals surface area contributed by atoms with Crippen LogP contribution in [0.15, 0.2) is 42.5 Å². The summed E-state index contributed by atoms with van der Waals surface area (Å²) in [7, 11) is 1.68. The van der Waals surface area contributed by atoms with Crippen molar-refractivity contribution < 1.29 is 9.94 Å². The van der Waals surface area contributed by atoms with Crippen LogP contribution < -0.4 is 4.74 Å². The van der Waals surface area contributed by atoms with Gasteiger partial charge < -0.3 is 9.94 Å². The largest absolute Gasteiger partial charge is 0.497 e. The van der Waals surface area contributed by atoms with Crippen molar-refractivity contribution in [1.29, 1.82) is 0 Å². The zero-order valence-corrected chi connectivity index (χ0v) is 11.6. The van der Waals surface area contributed by atoms with Gasteiger partial charge in [0.2, 0.25) is 0 Å². The van der Waals surface area contributed by atoms with Gasteiger partial charge in [-0.05, 0) is 47.7 Å². The van der Waals surface area contributed by atoms with Crippen LogP contribution in [-0.4, -0.2) is 17.4 Å². The zero-order chi connectivity index (χ0) is 13.9. The van der Waals surface area contributed by atoms with Gasteiger partial charge in [-0.25, -0.2) is 0 Å². The normalized spacial score (nSPS) is 27.1. The molecule has 2 heterocycles. The molecule has 2 bridgehead atoms. The molecule has 0 fully saturated rings. The first kappa shape index (κ1) is 11.9. The van der Waals surface area contributed by atoms with E-state index < -0.39 is 5.54 Å². The van der Waals surface area contributed by atoms with Gasteiger partial charge in [-0.3, -0.25) is 0 Å². The molecule has 2 atom stereocenters. The van der Waals surface area contributed by atoms with Crippen LogP contribution in [0.3, 0.4) is 0 Å². The van der Waals surface area contributed by atoms with Gasteiger partial charge in [0.15, 0.2) is 0 Å². The minimum absolute atomic E-state index is 0.0139. The second-order valence-electron chi connectivity index (χ2n) is 5.75. The minimum Gasteiger partial charge on any atom is -0.497 e. The van der Waals surface area contributed by atoms with Gasteiger partial charge in [0.05, 0.1) is 18.7 Å². The Bertz CT molecular complexity index is 697. The highest BCUT2D eigenvalue weighted by Gasteiger charge is 2.52. The van der Waals surface area contributed by atoms with Crippen LogP contribution in [0.5, 0.6) is 5.75 Å². The average molecular weight is 267 g/mol. The summed E-state index contributed by atoms with van der Waals surface area (Å²) in [5.41, 5.74) is 4.41. The summed E-state index contributed by atoms with van der Waals surface area (Å²) in [4.78, 5) is 0. The summed E-state index contributed by atoms with van der Waals surface area (Å²) in [6, 6.07) is 14.5. The summed E-state index contributed by atoms with van der Waals surface area (Å²) in [5, 5.41) is 12.2. The second-order valence-corrected chi connectivity index (χ2v) is 5.75. The molecule has 20 heavy (non-hydrogen) atoms. The number of hydrogen-bond acceptors (Lipinski definition) is 3. The van der Waals surface area contributed by atoms with Crippen molar-refractivity contribution in [3.63, 3.8) is 0 Å². The van der Waals surface area contributed by atoms with E-state index in [0.717, 1.165) is 12.2 Å². The second kappa shape index (κ2) is 3.84. The predicted molar refractivity (Wildman–Crippen MR) is 76.0 cm³/mol. The lowest BCUT2D eigenvalue weighted by Crippen LogP contribution is -2.43. The van der Waals surface area contributed by atoms with Gasteiger partial charge in [0, 0.05) is 0 Å². The smallest absolute Gasteiger partial charge is 0.119 e.